The van der Waals surface area contributed by atoms with Gasteiger partial charge in [0.1, 0.15) is 10.8 Å². The van der Waals surface area contributed by atoms with E-state index in [1.54, 1.807) is 22.9 Å². The number of nitrogens with one attached hydrogen (secondary N) is 1. The van der Waals surface area contributed by atoms with E-state index in [1.165, 1.54) is 23.5 Å². The number of nitrogens with zero attached hydrogens (tertiary/aromatic N) is 4. The Bertz CT molecular complexity index is 1200. The fourth-order valence-corrected chi connectivity index (χ4v) is 3.78. The van der Waals surface area contributed by atoms with E-state index in [0.29, 0.717) is 22.9 Å². The van der Waals surface area contributed by atoms with Crippen LogP contribution >= 0.6 is 11.3 Å². The number of aryl methyl sites for hydroxylation is 1. The molecule has 4 rings (SSSR count). The Morgan fingerprint density at radius 1 is 1.17 bits per heavy atom. The molecule has 4 aromatic rings. The molecule has 0 radical (unpaired) electrons. The molecule has 150 valence electrons. The van der Waals surface area contributed by atoms with Gasteiger partial charge in [0.25, 0.3) is 5.69 Å². The number of aromatic nitrogens is 3. The Hall–Kier alpha value is -3.85. The van der Waals surface area contributed by atoms with E-state index in [4.69, 9.17) is 0 Å². The Labute approximate surface area is 176 Å². The SMILES string of the molecule is Cc1cc(NC(=O)Cc2csc(-c3ccccc3)n2)n(-c2ccc([N+](=O)[O-])cc2)n1. The van der Waals surface area contributed by atoms with Gasteiger partial charge >= 0.3 is 0 Å². The number of amides is 1. The van der Waals surface area contributed by atoms with E-state index in [2.05, 4.69) is 15.4 Å². The number of carbonyl (C=O) groups is 1. The summed E-state index contributed by atoms with van der Waals surface area (Å²) in [5.74, 6) is 0.271. The predicted molar refractivity (Wildman–Crippen MR) is 115 cm³/mol. The molecule has 0 saturated heterocycles. The van der Waals surface area contributed by atoms with Gasteiger partial charge in [-0.3, -0.25) is 14.9 Å². The summed E-state index contributed by atoms with van der Waals surface area (Å²) in [6.07, 6.45) is 0.133. The van der Waals surface area contributed by atoms with Crippen LogP contribution in [-0.4, -0.2) is 25.6 Å². The van der Waals surface area contributed by atoms with Gasteiger partial charge in [-0.05, 0) is 19.1 Å². The Morgan fingerprint density at radius 2 is 1.90 bits per heavy atom. The smallest absolute Gasteiger partial charge is 0.269 e. The van der Waals surface area contributed by atoms with E-state index in [-0.39, 0.29) is 18.0 Å². The van der Waals surface area contributed by atoms with Gasteiger partial charge in [-0.15, -0.1) is 11.3 Å². The van der Waals surface area contributed by atoms with Crippen molar-refractivity contribution in [3.05, 3.63) is 87.5 Å². The molecule has 30 heavy (non-hydrogen) atoms. The summed E-state index contributed by atoms with van der Waals surface area (Å²) in [7, 11) is 0. The van der Waals surface area contributed by atoms with Crippen LogP contribution in [0.25, 0.3) is 16.3 Å². The highest BCUT2D eigenvalue weighted by Gasteiger charge is 2.14. The van der Waals surface area contributed by atoms with Crippen LogP contribution in [-0.2, 0) is 11.2 Å². The average molecular weight is 419 g/mol. The van der Waals surface area contributed by atoms with Crippen LogP contribution in [0.2, 0.25) is 0 Å². The highest BCUT2D eigenvalue weighted by atomic mass is 32.1. The Morgan fingerprint density at radius 3 is 2.60 bits per heavy atom. The number of nitro groups is 1. The average Bonchev–Trinajstić information content (AvgIpc) is 3.35. The second-order valence-electron chi connectivity index (χ2n) is 6.59. The number of carbonyl (C=O) groups excluding carboxylic acids is 1. The molecule has 0 aliphatic carbocycles. The number of thiazole rings is 1. The van der Waals surface area contributed by atoms with E-state index in [1.807, 2.05) is 42.6 Å². The lowest BCUT2D eigenvalue weighted by molar-refractivity contribution is -0.384. The molecule has 1 N–H and O–H groups in total. The monoisotopic (exact) mass is 419 g/mol. The summed E-state index contributed by atoms with van der Waals surface area (Å²) < 4.78 is 1.55. The number of hydrogen-bond acceptors (Lipinski definition) is 6. The first-order valence-electron chi connectivity index (χ1n) is 9.11. The lowest BCUT2D eigenvalue weighted by Crippen LogP contribution is -2.17. The quantitative estimate of drug-likeness (QED) is 0.369. The predicted octanol–water partition coefficient (Wildman–Crippen LogP) is 4.39. The number of hydrogen-bond donors (Lipinski definition) is 1. The minimum Gasteiger partial charge on any atom is -0.310 e. The molecule has 0 saturated carbocycles. The fraction of sp³-hybridized carbons (Fsp3) is 0.0952. The van der Waals surface area contributed by atoms with Gasteiger partial charge in [0, 0.05) is 29.1 Å². The van der Waals surface area contributed by atoms with E-state index >= 15 is 0 Å². The molecule has 0 spiro atoms. The Balaban J connectivity index is 1.49. The third-order valence-corrected chi connectivity index (χ3v) is 5.26. The second kappa shape index (κ2) is 8.26. The van der Waals surface area contributed by atoms with Gasteiger partial charge < -0.3 is 5.32 Å². The maximum atomic E-state index is 12.6. The van der Waals surface area contributed by atoms with Crippen molar-refractivity contribution in [2.24, 2.45) is 0 Å². The molecule has 0 aliphatic heterocycles. The van der Waals surface area contributed by atoms with Crippen molar-refractivity contribution in [2.45, 2.75) is 13.3 Å². The normalized spacial score (nSPS) is 10.7. The summed E-state index contributed by atoms with van der Waals surface area (Å²) in [5, 5.41) is 20.8. The number of rotatable bonds is 6. The van der Waals surface area contributed by atoms with Gasteiger partial charge in [-0.25, -0.2) is 9.67 Å². The molecule has 1 amide bonds. The molecule has 0 aliphatic rings. The molecule has 2 heterocycles. The van der Waals surface area contributed by atoms with Crippen molar-refractivity contribution in [3.63, 3.8) is 0 Å². The maximum Gasteiger partial charge on any atom is 0.269 e. The lowest BCUT2D eigenvalue weighted by Gasteiger charge is -2.08. The molecular weight excluding hydrogens is 402 g/mol. The van der Waals surface area contributed by atoms with Crippen LogP contribution in [0.15, 0.2) is 66.0 Å². The zero-order chi connectivity index (χ0) is 21.1. The fourth-order valence-electron chi connectivity index (χ4n) is 2.95. The first-order chi connectivity index (χ1) is 14.5. The summed E-state index contributed by atoms with van der Waals surface area (Å²) in [4.78, 5) is 27.5. The summed E-state index contributed by atoms with van der Waals surface area (Å²) in [6.45, 7) is 1.81. The maximum absolute atomic E-state index is 12.6. The molecule has 0 atom stereocenters. The molecule has 0 fully saturated rings. The van der Waals surface area contributed by atoms with Gasteiger partial charge in [-0.1, -0.05) is 30.3 Å². The van der Waals surface area contributed by atoms with Crippen LogP contribution < -0.4 is 5.32 Å². The lowest BCUT2D eigenvalue weighted by atomic mass is 10.2. The van der Waals surface area contributed by atoms with E-state index < -0.39 is 4.92 Å². The zero-order valence-electron chi connectivity index (χ0n) is 16.0. The molecule has 9 heteroatoms. The third-order valence-electron chi connectivity index (χ3n) is 4.32. The number of benzene rings is 2. The minimum atomic E-state index is -0.460. The zero-order valence-corrected chi connectivity index (χ0v) is 16.8. The molecular formula is C21H17N5O3S. The minimum absolute atomic E-state index is 0.00836. The van der Waals surface area contributed by atoms with Crippen molar-refractivity contribution in [1.82, 2.24) is 14.8 Å². The van der Waals surface area contributed by atoms with Crippen LogP contribution in [0.5, 0.6) is 0 Å². The van der Waals surface area contributed by atoms with Crippen LogP contribution in [0.3, 0.4) is 0 Å². The molecule has 2 aromatic carbocycles. The van der Waals surface area contributed by atoms with Gasteiger partial charge in [0.05, 0.1) is 28.4 Å². The summed E-state index contributed by atoms with van der Waals surface area (Å²) in [6, 6.07) is 17.5. The molecule has 2 aromatic heterocycles. The van der Waals surface area contributed by atoms with Crippen molar-refractivity contribution < 1.29 is 9.72 Å². The van der Waals surface area contributed by atoms with Crippen molar-refractivity contribution in [3.8, 4) is 16.3 Å². The largest absolute Gasteiger partial charge is 0.310 e. The van der Waals surface area contributed by atoms with Crippen LogP contribution in [0.1, 0.15) is 11.4 Å². The first-order valence-corrected chi connectivity index (χ1v) is 9.99. The van der Waals surface area contributed by atoms with Crippen LogP contribution in [0.4, 0.5) is 11.5 Å². The van der Waals surface area contributed by atoms with Crippen LogP contribution in [0, 0.1) is 17.0 Å². The molecule has 8 nitrogen and oxygen atoms in total. The third kappa shape index (κ3) is 4.26. The standard InChI is InChI=1S/C21H17N5O3S/c1-14-11-19(25(24-14)17-7-9-18(10-8-17)26(28)29)23-20(27)12-16-13-30-21(22-16)15-5-3-2-4-6-15/h2-11,13H,12H2,1H3,(H,23,27). The summed E-state index contributed by atoms with van der Waals surface area (Å²) >= 11 is 1.50. The molecule has 0 unspecified atom stereocenters. The van der Waals surface area contributed by atoms with E-state index in [9.17, 15) is 14.9 Å². The highest BCUT2D eigenvalue weighted by molar-refractivity contribution is 7.13. The highest BCUT2D eigenvalue weighted by Crippen LogP contribution is 2.24. The second-order valence-corrected chi connectivity index (χ2v) is 7.45. The van der Waals surface area contributed by atoms with Crippen molar-refractivity contribution >= 4 is 28.7 Å². The Kier molecular flexibility index (Phi) is 5.36. The van der Waals surface area contributed by atoms with Gasteiger partial charge in [0.2, 0.25) is 5.91 Å². The van der Waals surface area contributed by atoms with Crippen molar-refractivity contribution in [2.75, 3.05) is 5.32 Å². The summed E-state index contributed by atoms with van der Waals surface area (Å²) in [5.41, 5.74) is 3.02. The van der Waals surface area contributed by atoms with Crippen molar-refractivity contribution in [1.29, 1.82) is 0 Å². The molecule has 0 bridgehead atoms. The first kappa shape index (κ1) is 19.5. The number of nitro benzene ring substituents is 1. The van der Waals surface area contributed by atoms with Gasteiger partial charge in [0.15, 0.2) is 0 Å². The topological polar surface area (TPSA) is 103 Å². The van der Waals surface area contributed by atoms with E-state index in [0.717, 1.165) is 10.6 Å². The van der Waals surface area contributed by atoms with Gasteiger partial charge in [-0.2, -0.15) is 5.10 Å². The number of non-ortho nitro benzene ring substituents is 1. The number of anilines is 1.